The van der Waals surface area contributed by atoms with Gasteiger partial charge in [-0.2, -0.15) is 0 Å². The van der Waals surface area contributed by atoms with E-state index in [1.165, 1.54) is 0 Å². The van der Waals surface area contributed by atoms with E-state index in [-0.39, 0.29) is 24.2 Å². The predicted octanol–water partition coefficient (Wildman–Crippen LogP) is 6.94. The number of halogens is 3. The van der Waals surface area contributed by atoms with Crippen molar-refractivity contribution in [3.63, 3.8) is 0 Å². The molecule has 3 aromatic rings. The van der Waals surface area contributed by atoms with Gasteiger partial charge >= 0.3 is 0 Å². The average Bonchev–Trinajstić information content (AvgIpc) is 3.28. The number of nitrogens with one attached hydrogen (secondary N) is 1. The van der Waals surface area contributed by atoms with Crippen molar-refractivity contribution in [1.82, 2.24) is 14.8 Å². The second kappa shape index (κ2) is 12.8. The van der Waals surface area contributed by atoms with Gasteiger partial charge in [-0.3, -0.25) is 9.59 Å². The Morgan fingerprint density at radius 3 is 2.44 bits per heavy atom. The topological polar surface area (TPSA) is 56.4 Å². The Balaban J connectivity index is 1.83. The number of carbonyl (C=O) groups is 2. The number of H-pyrrole nitrogens is 1. The first-order valence-corrected chi connectivity index (χ1v) is 13.6. The number of alkyl halides is 1. The van der Waals surface area contributed by atoms with E-state index in [4.69, 9.17) is 34.8 Å². The third-order valence-electron chi connectivity index (χ3n) is 6.34. The Kier molecular flexibility index (Phi) is 10.1. The fraction of sp³-hybridized carbons (Fsp3) is 0.429. The van der Waals surface area contributed by atoms with E-state index in [1.54, 1.807) is 21.9 Å². The Morgan fingerprint density at radius 1 is 1.00 bits per heavy atom. The molecule has 0 saturated carbocycles. The number of para-hydroxylation sites is 1. The van der Waals surface area contributed by atoms with Crippen LogP contribution in [0.4, 0.5) is 0 Å². The lowest BCUT2D eigenvalue weighted by Crippen LogP contribution is -2.48. The van der Waals surface area contributed by atoms with Gasteiger partial charge in [0.05, 0.1) is 22.0 Å². The second-order valence-corrected chi connectivity index (χ2v) is 10.9. The third kappa shape index (κ3) is 7.18. The minimum Gasteiger partial charge on any atom is -0.361 e. The molecule has 2 amide bonds. The van der Waals surface area contributed by atoms with Gasteiger partial charge in [0, 0.05) is 42.6 Å². The van der Waals surface area contributed by atoms with Crippen LogP contribution in [0.3, 0.4) is 0 Å². The van der Waals surface area contributed by atoms with Gasteiger partial charge in [-0.1, -0.05) is 60.8 Å². The van der Waals surface area contributed by atoms with Crippen molar-refractivity contribution in [3.8, 4) is 0 Å². The highest BCUT2D eigenvalue weighted by molar-refractivity contribution is 6.42. The van der Waals surface area contributed by atoms with Crippen LogP contribution in [0.1, 0.15) is 44.7 Å². The van der Waals surface area contributed by atoms with Crippen molar-refractivity contribution in [2.75, 3.05) is 25.5 Å². The molecule has 3 rings (SSSR count). The van der Waals surface area contributed by atoms with Crippen LogP contribution >= 0.6 is 34.8 Å². The molecule has 0 aliphatic heterocycles. The zero-order valence-corrected chi connectivity index (χ0v) is 23.4. The summed E-state index contributed by atoms with van der Waals surface area (Å²) in [6.45, 7) is 7.09. The highest BCUT2D eigenvalue weighted by atomic mass is 35.5. The van der Waals surface area contributed by atoms with Gasteiger partial charge in [-0.05, 0) is 56.0 Å². The molecule has 2 aromatic carbocycles. The molecule has 0 bridgehead atoms. The summed E-state index contributed by atoms with van der Waals surface area (Å²) in [6.07, 6.45) is 4.41. The molecular weight excluding hydrogens is 517 g/mol. The fourth-order valence-electron chi connectivity index (χ4n) is 4.09. The Bertz CT molecular complexity index is 1190. The lowest BCUT2D eigenvalue weighted by Gasteiger charge is -2.32. The number of carbonyl (C=O) groups excluding carboxylic acids is 2. The Labute approximate surface area is 228 Å². The standard InChI is InChI=1S/C28H34Cl3N3O2/c1-4-5-13-34(27(36)28(2,3)19-29)18-26(35)33(17-20-10-11-23(30)24(31)15-20)14-12-21-16-32-25-9-7-6-8-22(21)25/h6-11,15-16,32H,4-5,12-14,17-19H2,1-3H3. The van der Waals surface area contributed by atoms with Crippen LogP contribution in [0.25, 0.3) is 10.9 Å². The number of aromatic amines is 1. The van der Waals surface area contributed by atoms with Crippen LogP contribution in [0.5, 0.6) is 0 Å². The van der Waals surface area contributed by atoms with E-state index in [1.807, 2.05) is 44.3 Å². The summed E-state index contributed by atoms with van der Waals surface area (Å²) < 4.78 is 0. The van der Waals surface area contributed by atoms with Gasteiger partial charge < -0.3 is 14.8 Å². The summed E-state index contributed by atoms with van der Waals surface area (Å²) in [5, 5.41) is 2.06. The quantitative estimate of drug-likeness (QED) is 0.248. The molecule has 194 valence electrons. The molecule has 5 nitrogen and oxygen atoms in total. The van der Waals surface area contributed by atoms with E-state index in [9.17, 15) is 9.59 Å². The van der Waals surface area contributed by atoms with Crippen LogP contribution in [-0.4, -0.2) is 52.1 Å². The van der Waals surface area contributed by atoms with Crippen LogP contribution < -0.4 is 0 Å². The average molecular weight is 551 g/mol. The van der Waals surface area contributed by atoms with Crippen LogP contribution in [-0.2, 0) is 22.6 Å². The highest BCUT2D eigenvalue weighted by Crippen LogP contribution is 2.25. The summed E-state index contributed by atoms with van der Waals surface area (Å²) in [7, 11) is 0. The fourth-order valence-corrected chi connectivity index (χ4v) is 4.53. The first-order chi connectivity index (χ1) is 17.2. The minimum absolute atomic E-state index is 0.00829. The monoisotopic (exact) mass is 549 g/mol. The number of benzene rings is 2. The number of fused-ring (bicyclic) bond motifs is 1. The van der Waals surface area contributed by atoms with Crippen LogP contribution in [0.15, 0.2) is 48.7 Å². The van der Waals surface area contributed by atoms with E-state index in [2.05, 4.69) is 18.0 Å². The molecule has 0 saturated heterocycles. The van der Waals surface area contributed by atoms with Crippen molar-refractivity contribution >= 4 is 57.5 Å². The molecule has 8 heteroatoms. The first-order valence-electron chi connectivity index (χ1n) is 12.3. The maximum absolute atomic E-state index is 13.6. The van der Waals surface area contributed by atoms with E-state index in [0.717, 1.165) is 34.9 Å². The van der Waals surface area contributed by atoms with E-state index in [0.29, 0.717) is 36.1 Å². The maximum Gasteiger partial charge on any atom is 0.242 e. The minimum atomic E-state index is -0.742. The molecule has 0 aliphatic rings. The number of amides is 2. The number of rotatable bonds is 12. The largest absolute Gasteiger partial charge is 0.361 e. The molecule has 1 heterocycles. The zero-order chi connectivity index (χ0) is 26.3. The molecule has 0 unspecified atom stereocenters. The normalized spacial score (nSPS) is 11.6. The van der Waals surface area contributed by atoms with Gasteiger partial charge in [0.15, 0.2) is 0 Å². The molecule has 0 aliphatic carbocycles. The maximum atomic E-state index is 13.6. The van der Waals surface area contributed by atoms with Gasteiger partial charge in [-0.15, -0.1) is 11.6 Å². The molecule has 1 aromatic heterocycles. The van der Waals surface area contributed by atoms with Crippen LogP contribution in [0, 0.1) is 5.41 Å². The van der Waals surface area contributed by atoms with Gasteiger partial charge in [0.1, 0.15) is 0 Å². The van der Waals surface area contributed by atoms with Crippen molar-refractivity contribution in [3.05, 3.63) is 69.8 Å². The summed E-state index contributed by atoms with van der Waals surface area (Å²) in [4.78, 5) is 33.6. The highest BCUT2D eigenvalue weighted by Gasteiger charge is 2.32. The summed E-state index contributed by atoms with van der Waals surface area (Å²) >= 11 is 18.4. The molecule has 0 radical (unpaired) electrons. The summed E-state index contributed by atoms with van der Waals surface area (Å²) in [6, 6.07) is 13.5. The molecular formula is C28H34Cl3N3O2. The number of hydrogen-bond donors (Lipinski definition) is 1. The lowest BCUT2D eigenvalue weighted by molar-refractivity contribution is -0.145. The van der Waals surface area contributed by atoms with Crippen molar-refractivity contribution in [1.29, 1.82) is 0 Å². The summed E-state index contributed by atoms with van der Waals surface area (Å²) in [5.74, 6) is -0.0305. The molecule has 1 N–H and O–H groups in total. The number of hydrogen-bond acceptors (Lipinski definition) is 2. The van der Waals surface area contributed by atoms with Crippen molar-refractivity contribution < 1.29 is 9.59 Å². The van der Waals surface area contributed by atoms with Gasteiger partial charge in [0.25, 0.3) is 0 Å². The van der Waals surface area contributed by atoms with E-state index < -0.39 is 5.41 Å². The van der Waals surface area contributed by atoms with Crippen molar-refractivity contribution in [2.24, 2.45) is 5.41 Å². The Morgan fingerprint density at radius 2 is 1.75 bits per heavy atom. The molecule has 0 fully saturated rings. The van der Waals surface area contributed by atoms with Gasteiger partial charge in [-0.25, -0.2) is 0 Å². The summed E-state index contributed by atoms with van der Waals surface area (Å²) in [5.41, 5.74) is 2.34. The molecule has 36 heavy (non-hydrogen) atoms. The van der Waals surface area contributed by atoms with Crippen molar-refractivity contribution in [2.45, 2.75) is 46.6 Å². The first kappa shape index (κ1) is 28.4. The number of unbranched alkanes of at least 4 members (excludes halogenated alkanes) is 1. The number of nitrogens with zero attached hydrogens (tertiary/aromatic N) is 2. The van der Waals surface area contributed by atoms with Gasteiger partial charge in [0.2, 0.25) is 11.8 Å². The van der Waals surface area contributed by atoms with E-state index >= 15 is 0 Å². The number of aromatic nitrogens is 1. The second-order valence-electron chi connectivity index (χ2n) is 9.77. The smallest absolute Gasteiger partial charge is 0.242 e. The molecule has 0 atom stereocenters. The Hall–Kier alpha value is -2.21. The molecule has 0 spiro atoms. The predicted molar refractivity (Wildman–Crippen MR) is 150 cm³/mol. The van der Waals surface area contributed by atoms with Crippen LogP contribution in [0.2, 0.25) is 10.0 Å². The SMILES string of the molecule is CCCCN(CC(=O)N(CCc1c[nH]c2ccccc12)Cc1ccc(Cl)c(Cl)c1)C(=O)C(C)(C)CCl. The third-order valence-corrected chi connectivity index (χ3v) is 7.75. The lowest BCUT2D eigenvalue weighted by atomic mass is 9.94. The zero-order valence-electron chi connectivity index (χ0n) is 21.1.